The Bertz CT molecular complexity index is 735. The molecule has 0 saturated heterocycles. The Morgan fingerprint density at radius 3 is 2.47 bits per heavy atom. The van der Waals surface area contributed by atoms with Crippen LogP contribution in [0, 0.1) is 0 Å². The van der Waals surface area contributed by atoms with Crippen molar-refractivity contribution < 1.29 is 0 Å². The van der Waals surface area contributed by atoms with Crippen molar-refractivity contribution in [3.8, 4) is 0 Å². The van der Waals surface area contributed by atoms with Gasteiger partial charge in [0.05, 0.1) is 0 Å². The van der Waals surface area contributed by atoms with E-state index in [1.165, 1.54) is 11.6 Å². The molecule has 7 heteroatoms. The molecular formula is C12H19N5O2. The van der Waals surface area contributed by atoms with Gasteiger partial charge >= 0.3 is 5.69 Å². The third-order valence-corrected chi connectivity index (χ3v) is 3.44. The lowest BCUT2D eigenvalue weighted by Gasteiger charge is -2.23. The van der Waals surface area contributed by atoms with Gasteiger partial charge in [0.1, 0.15) is 0 Å². The summed E-state index contributed by atoms with van der Waals surface area (Å²) in [6, 6.07) is 0. The third-order valence-electron chi connectivity index (χ3n) is 3.44. The lowest BCUT2D eigenvalue weighted by Crippen LogP contribution is -2.36. The summed E-state index contributed by atoms with van der Waals surface area (Å²) in [5.41, 5.74) is -0.197. The monoisotopic (exact) mass is 265 g/mol. The summed E-state index contributed by atoms with van der Waals surface area (Å²) < 4.78 is 2.42. The molecule has 0 aromatic carbocycles. The van der Waals surface area contributed by atoms with Crippen LogP contribution in [0.1, 0.15) is 27.2 Å². The van der Waals surface area contributed by atoms with Gasteiger partial charge in [-0.3, -0.25) is 13.9 Å². The van der Waals surface area contributed by atoms with Crippen LogP contribution in [0.3, 0.4) is 0 Å². The highest BCUT2D eigenvalue weighted by molar-refractivity contribution is 5.72. The minimum absolute atomic E-state index is 0.141. The first-order valence-corrected chi connectivity index (χ1v) is 6.20. The number of imidazole rings is 1. The number of aromatic nitrogens is 4. The Kier molecular flexibility index (Phi) is 3.00. The van der Waals surface area contributed by atoms with Crippen LogP contribution >= 0.6 is 0 Å². The fourth-order valence-corrected chi connectivity index (χ4v) is 1.79. The van der Waals surface area contributed by atoms with Gasteiger partial charge in [-0.25, -0.2) is 4.79 Å². The van der Waals surface area contributed by atoms with E-state index in [1.54, 1.807) is 7.05 Å². The SMILES string of the molecule is CCC(C)(C)Nc1nc2c([nH]1)c(=O)n(C)c(=O)n2C. The lowest BCUT2D eigenvalue weighted by atomic mass is 10.0. The van der Waals surface area contributed by atoms with E-state index in [-0.39, 0.29) is 16.8 Å². The van der Waals surface area contributed by atoms with Crippen LogP contribution in [0.2, 0.25) is 0 Å². The average Bonchev–Trinajstić information content (AvgIpc) is 2.77. The molecule has 0 fully saturated rings. The van der Waals surface area contributed by atoms with Crippen LogP contribution in [0.15, 0.2) is 9.59 Å². The van der Waals surface area contributed by atoms with E-state index < -0.39 is 0 Å². The van der Waals surface area contributed by atoms with Gasteiger partial charge in [0.25, 0.3) is 5.56 Å². The molecule has 2 heterocycles. The minimum atomic E-state index is -0.384. The average molecular weight is 265 g/mol. The first-order chi connectivity index (χ1) is 8.76. The molecule has 0 bridgehead atoms. The van der Waals surface area contributed by atoms with Crippen molar-refractivity contribution in [2.75, 3.05) is 5.32 Å². The predicted octanol–water partition coefficient (Wildman–Crippen LogP) is 0.561. The van der Waals surface area contributed by atoms with E-state index in [1.807, 2.05) is 13.8 Å². The van der Waals surface area contributed by atoms with Crippen LogP contribution in [0.4, 0.5) is 5.95 Å². The molecule has 0 aliphatic rings. The van der Waals surface area contributed by atoms with Crippen molar-refractivity contribution in [3.05, 3.63) is 20.8 Å². The number of aryl methyl sites for hydroxylation is 1. The van der Waals surface area contributed by atoms with Crippen LogP contribution in [0.25, 0.3) is 11.2 Å². The highest BCUT2D eigenvalue weighted by Gasteiger charge is 2.18. The molecule has 2 rings (SSSR count). The fraction of sp³-hybridized carbons (Fsp3) is 0.583. The summed E-state index contributed by atoms with van der Waals surface area (Å²) in [5, 5.41) is 3.22. The second-order valence-corrected chi connectivity index (χ2v) is 5.35. The maximum absolute atomic E-state index is 12.0. The Balaban J connectivity index is 2.65. The van der Waals surface area contributed by atoms with Crippen LogP contribution < -0.4 is 16.6 Å². The number of hydrogen-bond acceptors (Lipinski definition) is 4. The summed E-state index contributed by atoms with van der Waals surface area (Å²) >= 11 is 0. The normalized spacial score (nSPS) is 12.1. The molecule has 0 saturated carbocycles. The molecule has 2 aromatic heterocycles. The van der Waals surface area contributed by atoms with Crippen molar-refractivity contribution in [1.29, 1.82) is 0 Å². The second kappa shape index (κ2) is 4.25. The van der Waals surface area contributed by atoms with Gasteiger partial charge in [0.15, 0.2) is 11.2 Å². The first-order valence-electron chi connectivity index (χ1n) is 6.20. The molecule has 0 atom stereocenters. The topological polar surface area (TPSA) is 84.7 Å². The molecule has 0 aliphatic heterocycles. The van der Waals surface area contributed by atoms with Crippen molar-refractivity contribution in [2.45, 2.75) is 32.7 Å². The van der Waals surface area contributed by atoms with Gasteiger partial charge < -0.3 is 10.3 Å². The Morgan fingerprint density at radius 2 is 1.89 bits per heavy atom. The number of H-pyrrole nitrogens is 1. The molecule has 7 nitrogen and oxygen atoms in total. The first kappa shape index (κ1) is 13.4. The summed E-state index contributed by atoms with van der Waals surface area (Å²) in [7, 11) is 3.05. The van der Waals surface area contributed by atoms with Crippen molar-refractivity contribution >= 4 is 17.1 Å². The van der Waals surface area contributed by atoms with Crippen molar-refractivity contribution in [2.24, 2.45) is 14.1 Å². The molecule has 0 amide bonds. The van der Waals surface area contributed by atoms with Gasteiger partial charge in [0, 0.05) is 19.6 Å². The quantitative estimate of drug-likeness (QED) is 0.849. The summed E-state index contributed by atoms with van der Waals surface area (Å²) in [4.78, 5) is 31.0. The summed E-state index contributed by atoms with van der Waals surface area (Å²) in [5.74, 6) is 0.500. The smallest absolute Gasteiger partial charge is 0.332 e. The number of hydrogen-bond donors (Lipinski definition) is 2. The number of rotatable bonds is 3. The maximum Gasteiger partial charge on any atom is 0.332 e. The zero-order valence-electron chi connectivity index (χ0n) is 11.9. The predicted molar refractivity (Wildman–Crippen MR) is 74.6 cm³/mol. The van der Waals surface area contributed by atoms with Crippen molar-refractivity contribution in [1.82, 2.24) is 19.1 Å². The third kappa shape index (κ3) is 2.16. The van der Waals surface area contributed by atoms with Crippen molar-refractivity contribution in [3.63, 3.8) is 0 Å². The van der Waals surface area contributed by atoms with Crippen LogP contribution in [-0.2, 0) is 14.1 Å². The molecule has 2 aromatic rings. The van der Waals surface area contributed by atoms with E-state index in [0.717, 1.165) is 11.0 Å². The Labute approximate surface area is 110 Å². The Hall–Kier alpha value is -2.05. The van der Waals surface area contributed by atoms with E-state index in [9.17, 15) is 9.59 Å². The number of anilines is 1. The Morgan fingerprint density at radius 1 is 1.26 bits per heavy atom. The fourth-order valence-electron chi connectivity index (χ4n) is 1.79. The van der Waals surface area contributed by atoms with Gasteiger partial charge in [0.2, 0.25) is 5.95 Å². The molecule has 0 unspecified atom stereocenters. The highest BCUT2D eigenvalue weighted by atomic mass is 16.2. The number of nitrogens with zero attached hydrogens (tertiary/aromatic N) is 3. The molecule has 19 heavy (non-hydrogen) atoms. The zero-order chi connectivity index (χ0) is 14.4. The largest absolute Gasteiger partial charge is 0.351 e. The maximum atomic E-state index is 12.0. The van der Waals surface area contributed by atoms with E-state index in [2.05, 4.69) is 22.2 Å². The molecule has 0 aliphatic carbocycles. The number of fused-ring (bicyclic) bond motifs is 1. The standard InChI is InChI=1S/C12H19N5O2/c1-6-12(2,3)15-10-13-7-8(14-10)16(4)11(19)17(5)9(7)18/h6H2,1-5H3,(H2,13,14,15). The van der Waals surface area contributed by atoms with E-state index in [0.29, 0.717) is 17.1 Å². The second-order valence-electron chi connectivity index (χ2n) is 5.35. The highest BCUT2D eigenvalue weighted by Crippen LogP contribution is 2.16. The van der Waals surface area contributed by atoms with Gasteiger partial charge in [-0.1, -0.05) is 6.92 Å². The molecular weight excluding hydrogens is 246 g/mol. The van der Waals surface area contributed by atoms with E-state index >= 15 is 0 Å². The molecule has 0 radical (unpaired) electrons. The van der Waals surface area contributed by atoms with Gasteiger partial charge in [-0.2, -0.15) is 4.98 Å². The lowest BCUT2D eigenvalue weighted by molar-refractivity contribution is 0.543. The summed E-state index contributed by atoms with van der Waals surface area (Å²) in [6.45, 7) is 6.14. The summed E-state index contributed by atoms with van der Waals surface area (Å²) in [6.07, 6.45) is 0.904. The van der Waals surface area contributed by atoms with E-state index in [4.69, 9.17) is 0 Å². The van der Waals surface area contributed by atoms with Gasteiger partial charge in [-0.15, -0.1) is 0 Å². The minimum Gasteiger partial charge on any atom is -0.351 e. The van der Waals surface area contributed by atoms with Gasteiger partial charge in [-0.05, 0) is 20.3 Å². The van der Waals surface area contributed by atoms with Crippen LogP contribution in [-0.4, -0.2) is 24.6 Å². The molecule has 2 N–H and O–H groups in total. The molecule has 104 valence electrons. The number of aromatic amines is 1. The van der Waals surface area contributed by atoms with Crippen LogP contribution in [0.5, 0.6) is 0 Å². The zero-order valence-corrected chi connectivity index (χ0v) is 11.9. The molecule has 0 spiro atoms. The number of nitrogens with one attached hydrogen (secondary N) is 2.